The predicted molar refractivity (Wildman–Crippen MR) is 268 cm³/mol. The summed E-state index contributed by atoms with van der Waals surface area (Å²) in [6, 6.07) is -0.841. The Labute approximate surface area is 385 Å². The predicted octanol–water partition coefficient (Wildman–Crippen LogP) is 15.6. The van der Waals surface area contributed by atoms with Gasteiger partial charge in [0, 0.05) is 6.42 Å². The number of rotatable bonds is 49. The average Bonchev–Trinajstić information content (AvgIpc) is 3.23. The highest BCUT2D eigenvalue weighted by Gasteiger charge is 2.27. The maximum Gasteiger partial charge on any atom is 0.472 e. The lowest BCUT2D eigenvalue weighted by Crippen LogP contribution is -2.45. The lowest BCUT2D eigenvalue weighted by Gasteiger charge is -2.25. The molecule has 0 aliphatic heterocycles. The van der Waals surface area contributed by atoms with E-state index in [0.717, 1.165) is 38.5 Å². The van der Waals surface area contributed by atoms with E-state index in [1.54, 1.807) is 6.08 Å². The van der Waals surface area contributed by atoms with Crippen molar-refractivity contribution in [3.05, 3.63) is 24.3 Å². The molecule has 62 heavy (non-hydrogen) atoms. The lowest BCUT2D eigenvalue weighted by atomic mass is 10.0. The summed E-state index contributed by atoms with van der Waals surface area (Å²) >= 11 is 0. The smallest absolute Gasteiger partial charge is 0.387 e. The van der Waals surface area contributed by atoms with Gasteiger partial charge >= 0.3 is 7.82 Å². The molecule has 0 spiro atoms. The number of nitrogens with zero attached hydrogens (tertiary/aromatic N) is 1. The second kappa shape index (κ2) is 45.1. The molecule has 1 amide bonds. The molecule has 368 valence electrons. The zero-order chi connectivity index (χ0) is 45.7. The molecular weight excluding hydrogens is 792 g/mol. The van der Waals surface area contributed by atoms with Crippen LogP contribution in [0.1, 0.15) is 258 Å². The summed E-state index contributed by atoms with van der Waals surface area (Å²) in [7, 11) is 1.58. The van der Waals surface area contributed by atoms with Crippen LogP contribution in [0.5, 0.6) is 0 Å². The molecule has 0 fully saturated rings. The van der Waals surface area contributed by atoms with E-state index in [0.29, 0.717) is 17.4 Å². The van der Waals surface area contributed by atoms with E-state index in [4.69, 9.17) is 9.05 Å². The van der Waals surface area contributed by atoms with E-state index in [-0.39, 0.29) is 19.1 Å². The minimum Gasteiger partial charge on any atom is -0.387 e. The Hall–Kier alpha value is -1.02. The molecule has 0 saturated heterocycles. The van der Waals surface area contributed by atoms with Gasteiger partial charge in [-0.3, -0.25) is 13.8 Å². The molecule has 0 rings (SSSR count). The number of nitrogens with one attached hydrogen (secondary N) is 1. The number of hydrogen-bond acceptors (Lipinski definition) is 5. The largest absolute Gasteiger partial charge is 0.472 e. The van der Waals surface area contributed by atoms with Crippen molar-refractivity contribution in [2.24, 2.45) is 0 Å². The Kier molecular flexibility index (Phi) is 44.4. The van der Waals surface area contributed by atoms with Gasteiger partial charge in [0.05, 0.1) is 39.9 Å². The van der Waals surface area contributed by atoms with Gasteiger partial charge in [-0.1, -0.05) is 231 Å². The number of amides is 1. The summed E-state index contributed by atoms with van der Waals surface area (Å²) in [6.07, 6.45) is 55.8. The molecule has 0 aromatic heterocycles. The van der Waals surface area contributed by atoms with E-state index >= 15 is 0 Å². The number of aliphatic hydroxyl groups excluding tert-OH is 1. The number of unbranched alkanes of at least 4 members (excludes halogenated alkanes) is 34. The van der Waals surface area contributed by atoms with Crippen LogP contribution in [0.2, 0.25) is 0 Å². The van der Waals surface area contributed by atoms with Crippen LogP contribution >= 0.6 is 7.82 Å². The van der Waals surface area contributed by atoms with Crippen LogP contribution in [0.15, 0.2) is 24.3 Å². The van der Waals surface area contributed by atoms with Gasteiger partial charge in [-0.15, -0.1) is 0 Å². The van der Waals surface area contributed by atoms with Crippen LogP contribution in [0, 0.1) is 0 Å². The van der Waals surface area contributed by atoms with Crippen LogP contribution in [-0.4, -0.2) is 73.4 Å². The fourth-order valence-corrected chi connectivity index (χ4v) is 8.66. The van der Waals surface area contributed by atoms with Crippen molar-refractivity contribution >= 4 is 13.7 Å². The molecule has 0 bridgehead atoms. The Morgan fingerprint density at radius 2 is 0.871 bits per heavy atom. The van der Waals surface area contributed by atoms with Gasteiger partial charge in [0.25, 0.3) is 0 Å². The molecule has 3 atom stereocenters. The molecule has 3 unspecified atom stereocenters. The van der Waals surface area contributed by atoms with Gasteiger partial charge in [-0.2, -0.15) is 0 Å². The lowest BCUT2D eigenvalue weighted by molar-refractivity contribution is -0.870. The highest BCUT2D eigenvalue weighted by Crippen LogP contribution is 2.43. The van der Waals surface area contributed by atoms with Gasteiger partial charge in [-0.05, 0) is 44.9 Å². The molecule has 0 aliphatic rings. The van der Waals surface area contributed by atoms with Crippen molar-refractivity contribution in [1.29, 1.82) is 0 Å². The number of carbonyl (C=O) groups is 1. The van der Waals surface area contributed by atoms with Gasteiger partial charge < -0.3 is 19.8 Å². The Balaban J connectivity index is 3.94. The third-order valence-electron chi connectivity index (χ3n) is 12.2. The number of aliphatic hydroxyl groups is 1. The first-order valence-corrected chi connectivity index (χ1v) is 28.2. The molecule has 0 radical (unpaired) electrons. The van der Waals surface area contributed by atoms with Gasteiger partial charge in [0.15, 0.2) is 0 Å². The number of allylic oxidation sites excluding steroid dienone is 3. The SMILES string of the molecule is CCCCCCCCC/C=C/C(O)C(COP(=O)(O)OCC[N+](C)(C)C)NC(=O)CCCCCCCCCCCCCCCCCCCCC/C=C\CCCCCCCCCC. The van der Waals surface area contributed by atoms with Crippen LogP contribution in [0.25, 0.3) is 0 Å². The minimum absolute atomic E-state index is 0.0633. The minimum atomic E-state index is -4.33. The van der Waals surface area contributed by atoms with Crippen molar-refractivity contribution in [1.82, 2.24) is 5.32 Å². The van der Waals surface area contributed by atoms with Crippen LogP contribution in [0.4, 0.5) is 0 Å². The molecular formula is C53H106N2O6P+. The van der Waals surface area contributed by atoms with Crippen molar-refractivity contribution in [3.8, 4) is 0 Å². The monoisotopic (exact) mass is 898 g/mol. The first-order chi connectivity index (χ1) is 30.0. The van der Waals surface area contributed by atoms with Gasteiger partial charge in [0.2, 0.25) is 5.91 Å². The fraction of sp³-hybridized carbons (Fsp3) is 0.906. The van der Waals surface area contributed by atoms with E-state index in [2.05, 4.69) is 31.3 Å². The van der Waals surface area contributed by atoms with Crippen molar-refractivity contribution < 1.29 is 32.9 Å². The van der Waals surface area contributed by atoms with Gasteiger partial charge in [0.1, 0.15) is 13.2 Å². The molecule has 0 saturated carbocycles. The van der Waals surface area contributed by atoms with E-state index in [1.165, 1.54) is 199 Å². The summed E-state index contributed by atoms with van der Waals surface area (Å²) in [5.41, 5.74) is 0. The average molecular weight is 898 g/mol. The standard InChI is InChI=1S/C53H105N2O6P/c1-6-8-10-12-14-16-17-18-19-20-21-22-23-24-25-26-27-28-29-30-31-32-33-34-35-36-37-39-41-43-45-47-53(57)54-51(50-61-62(58,59)60-49-48-55(3,4)5)52(56)46-44-42-40-38-15-13-11-9-7-2/h20-21,44,46,51-52,56H,6-19,22-43,45,47-50H2,1-5H3,(H-,54,57,58,59)/p+1/b21-20-,46-44+. The van der Waals surface area contributed by atoms with Crippen LogP contribution in [0.3, 0.4) is 0 Å². The summed E-state index contributed by atoms with van der Waals surface area (Å²) in [6.45, 7) is 4.80. The Morgan fingerprint density at radius 1 is 0.532 bits per heavy atom. The molecule has 9 heteroatoms. The Bertz CT molecular complexity index is 1060. The van der Waals surface area contributed by atoms with Crippen LogP contribution < -0.4 is 5.32 Å². The van der Waals surface area contributed by atoms with E-state index < -0.39 is 20.0 Å². The van der Waals surface area contributed by atoms with E-state index in [9.17, 15) is 19.4 Å². The highest BCUT2D eigenvalue weighted by molar-refractivity contribution is 7.47. The first kappa shape index (κ1) is 61.0. The van der Waals surface area contributed by atoms with Crippen molar-refractivity contribution in [2.45, 2.75) is 270 Å². The summed E-state index contributed by atoms with van der Waals surface area (Å²) in [5, 5.41) is 13.8. The molecule has 0 aliphatic carbocycles. The molecule has 0 heterocycles. The first-order valence-electron chi connectivity index (χ1n) is 26.7. The van der Waals surface area contributed by atoms with Gasteiger partial charge in [-0.25, -0.2) is 4.57 Å². The van der Waals surface area contributed by atoms with E-state index in [1.807, 2.05) is 27.2 Å². The number of phosphoric acid groups is 1. The number of hydrogen-bond donors (Lipinski definition) is 3. The summed E-state index contributed by atoms with van der Waals surface area (Å²) in [4.78, 5) is 23.1. The number of likely N-dealkylation sites (N-methyl/N-ethyl adjacent to an activating group) is 1. The van der Waals surface area contributed by atoms with Crippen molar-refractivity contribution in [3.63, 3.8) is 0 Å². The topological polar surface area (TPSA) is 105 Å². The number of phosphoric ester groups is 1. The summed E-state index contributed by atoms with van der Waals surface area (Å²) < 4.78 is 23.5. The molecule has 0 aromatic carbocycles. The molecule has 8 nitrogen and oxygen atoms in total. The molecule has 3 N–H and O–H groups in total. The normalized spacial score (nSPS) is 14.2. The van der Waals surface area contributed by atoms with Crippen LogP contribution in [-0.2, 0) is 18.4 Å². The fourth-order valence-electron chi connectivity index (χ4n) is 7.92. The zero-order valence-corrected chi connectivity index (χ0v) is 42.8. The third-order valence-corrected chi connectivity index (χ3v) is 13.1. The maximum atomic E-state index is 12.9. The quantitative estimate of drug-likeness (QED) is 0.0243. The third kappa shape index (κ3) is 47.0. The summed E-state index contributed by atoms with van der Waals surface area (Å²) in [5.74, 6) is -0.176. The Morgan fingerprint density at radius 3 is 1.24 bits per heavy atom. The maximum absolute atomic E-state index is 12.9. The highest BCUT2D eigenvalue weighted by atomic mass is 31.2. The second-order valence-electron chi connectivity index (χ2n) is 19.6. The number of quaternary nitrogens is 1. The zero-order valence-electron chi connectivity index (χ0n) is 41.9. The van der Waals surface area contributed by atoms with Crippen molar-refractivity contribution in [2.75, 3.05) is 40.9 Å². The number of carbonyl (C=O) groups excluding carboxylic acids is 1. The molecule has 0 aromatic rings. The second-order valence-corrected chi connectivity index (χ2v) is 21.1.